The van der Waals surface area contributed by atoms with Gasteiger partial charge in [0.25, 0.3) is 0 Å². The maximum absolute atomic E-state index is 13.7. The summed E-state index contributed by atoms with van der Waals surface area (Å²) < 4.78 is 14.8. The van der Waals surface area contributed by atoms with Crippen LogP contribution in [-0.2, 0) is 6.54 Å². The van der Waals surface area contributed by atoms with Crippen molar-refractivity contribution in [2.75, 3.05) is 7.05 Å². The van der Waals surface area contributed by atoms with E-state index in [1.807, 2.05) is 37.4 Å². The van der Waals surface area contributed by atoms with Crippen LogP contribution >= 0.6 is 27.7 Å². The molecule has 0 aliphatic heterocycles. The van der Waals surface area contributed by atoms with Crippen LogP contribution in [0.15, 0.2) is 56.7 Å². The lowest BCUT2D eigenvalue weighted by Gasteiger charge is -2.09. The average molecular weight is 326 g/mol. The van der Waals surface area contributed by atoms with E-state index < -0.39 is 0 Å². The van der Waals surface area contributed by atoms with E-state index in [1.165, 1.54) is 6.07 Å². The van der Waals surface area contributed by atoms with E-state index in [4.69, 9.17) is 0 Å². The highest BCUT2D eigenvalue weighted by Crippen LogP contribution is 2.32. The summed E-state index contributed by atoms with van der Waals surface area (Å²) in [5, 5.41) is 3.00. The Morgan fingerprint density at radius 1 is 1.17 bits per heavy atom. The first kappa shape index (κ1) is 13.6. The number of halogens is 2. The largest absolute Gasteiger partial charge is 0.316 e. The molecule has 0 aromatic heterocycles. The molecule has 0 saturated carbocycles. The van der Waals surface area contributed by atoms with Crippen LogP contribution in [0, 0.1) is 5.82 Å². The van der Waals surface area contributed by atoms with Crippen molar-refractivity contribution in [2.45, 2.75) is 16.3 Å². The van der Waals surface area contributed by atoms with Crippen LogP contribution in [0.25, 0.3) is 0 Å². The standard InChI is InChI=1S/C14H13BrFNS/c1-17-9-12-13(16)3-2-4-14(12)18-11-7-5-10(15)6-8-11/h2-8,17H,9H2,1H3. The molecule has 1 N–H and O–H groups in total. The molecule has 2 aromatic rings. The SMILES string of the molecule is CNCc1c(F)cccc1Sc1ccc(Br)cc1. The van der Waals surface area contributed by atoms with Gasteiger partial charge in [-0.2, -0.15) is 0 Å². The molecule has 0 bridgehead atoms. The summed E-state index contributed by atoms with van der Waals surface area (Å²) in [6.07, 6.45) is 0. The van der Waals surface area contributed by atoms with E-state index in [2.05, 4.69) is 21.2 Å². The van der Waals surface area contributed by atoms with Gasteiger partial charge in [-0.25, -0.2) is 4.39 Å². The molecule has 94 valence electrons. The van der Waals surface area contributed by atoms with E-state index in [0.29, 0.717) is 12.1 Å². The molecule has 0 saturated heterocycles. The Morgan fingerprint density at radius 2 is 1.89 bits per heavy atom. The van der Waals surface area contributed by atoms with Crippen LogP contribution in [0.4, 0.5) is 4.39 Å². The van der Waals surface area contributed by atoms with E-state index in [9.17, 15) is 4.39 Å². The predicted molar refractivity (Wildman–Crippen MR) is 77.4 cm³/mol. The van der Waals surface area contributed by atoms with Crippen LogP contribution < -0.4 is 5.32 Å². The molecule has 18 heavy (non-hydrogen) atoms. The third-order valence-electron chi connectivity index (χ3n) is 2.47. The zero-order chi connectivity index (χ0) is 13.0. The Bertz CT molecular complexity index is 528. The number of benzene rings is 2. The second-order valence-corrected chi connectivity index (χ2v) is 5.83. The summed E-state index contributed by atoms with van der Waals surface area (Å²) >= 11 is 4.98. The minimum Gasteiger partial charge on any atom is -0.316 e. The van der Waals surface area contributed by atoms with Gasteiger partial charge < -0.3 is 5.32 Å². The average Bonchev–Trinajstić information content (AvgIpc) is 2.36. The summed E-state index contributed by atoms with van der Waals surface area (Å²) in [5.74, 6) is -0.161. The third-order valence-corrected chi connectivity index (χ3v) is 4.11. The molecule has 0 atom stereocenters. The molecule has 1 nitrogen and oxygen atoms in total. The highest BCUT2D eigenvalue weighted by molar-refractivity contribution is 9.10. The maximum atomic E-state index is 13.7. The van der Waals surface area contributed by atoms with Gasteiger partial charge in [0.1, 0.15) is 5.82 Å². The first-order valence-electron chi connectivity index (χ1n) is 5.56. The van der Waals surface area contributed by atoms with Crippen LogP contribution in [0.5, 0.6) is 0 Å². The summed E-state index contributed by atoms with van der Waals surface area (Å²) in [4.78, 5) is 2.05. The number of nitrogens with one attached hydrogen (secondary N) is 1. The van der Waals surface area contributed by atoms with Crippen LogP contribution in [0.2, 0.25) is 0 Å². The van der Waals surface area contributed by atoms with Crippen LogP contribution in [0.3, 0.4) is 0 Å². The summed E-state index contributed by atoms with van der Waals surface area (Å²) in [7, 11) is 1.82. The topological polar surface area (TPSA) is 12.0 Å². The predicted octanol–water partition coefficient (Wildman–Crippen LogP) is 4.46. The van der Waals surface area contributed by atoms with Gasteiger partial charge in [0.15, 0.2) is 0 Å². The second kappa shape index (κ2) is 6.36. The smallest absolute Gasteiger partial charge is 0.128 e. The molecule has 0 radical (unpaired) electrons. The Morgan fingerprint density at radius 3 is 2.56 bits per heavy atom. The van der Waals surface area contributed by atoms with Crippen molar-refractivity contribution in [3.8, 4) is 0 Å². The summed E-state index contributed by atoms with van der Waals surface area (Å²) in [5.41, 5.74) is 0.716. The van der Waals surface area contributed by atoms with Crippen molar-refractivity contribution < 1.29 is 4.39 Å². The van der Waals surface area contributed by atoms with Crippen molar-refractivity contribution in [3.05, 3.63) is 58.3 Å². The Balaban J connectivity index is 2.28. The van der Waals surface area contributed by atoms with Gasteiger partial charge in [-0.05, 0) is 43.4 Å². The van der Waals surface area contributed by atoms with Crippen LogP contribution in [0.1, 0.15) is 5.56 Å². The van der Waals surface area contributed by atoms with Crippen molar-refractivity contribution >= 4 is 27.7 Å². The minimum atomic E-state index is -0.161. The van der Waals surface area contributed by atoms with Gasteiger partial charge >= 0.3 is 0 Å². The highest BCUT2D eigenvalue weighted by Gasteiger charge is 2.08. The summed E-state index contributed by atoms with van der Waals surface area (Å²) in [6, 6.07) is 13.2. The maximum Gasteiger partial charge on any atom is 0.128 e. The van der Waals surface area contributed by atoms with Crippen molar-refractivity contribution in [1.29, 1.82) is 0 Å². The number of hydrogen-bond acceptors (Lipinski definition) is 2. The van der Waals surface area contributed by atoms with Crippen molar-refractivity contribution in [3.63, 3.8) is 0 Å². The Hall–Kier alpha value is -0.840. The normalized spacial score (nSPS) is 10.6. The van der Waals surface area contributed by atoms with Crippen molar-refractivity contribution in [2.24, 2.45) is 0 Å². The molecular weight excluding hydrogens is 313 g/mol. The molecule has 4 heteroatoms. The van der Waals surface area contributed by atoms with E-state index in [1.54, 1.807) is 17.8 Å². The molecule has 0 unspecified atom stereocenters. The van der Waals surface area contributed by atoms with Gasteiger partial charge in [0, 0.05) is 26.4 Å². The van der Waals surface area contributed by atoms with Gasteiger partial charge in [0.05, 0.1) is 0 Å². The molecule has 0 heterocycles. The number of hydrogen-bond donors (Lipinski definition) is 1. The minimum absolute atomic E-state index is 0.161. The van der Waals surface area contributed by atoms with Crippen molar-refractivity contribution in [1.82, 2.24) is 5.32 Å². The zero-order valence-corrected chi connectivity index (χ0v) is 12.3. The Labute approximate surface area is 119 Å². The second-order valence-electron chi connectivity index (χ2n) is 3.80. The van der Waals surface area contributed by atoms with Gasteiger partial charge in [0.2, 0.25) is 0 Å². The highest BCUT2D eigenvalue weighted by atomic mass is 79.9. The van der Waals surface area contributed by atoms with Gasteiger partial charge in [-0.3, -0.25) is 0 Å². The molecule has 0 aliphatic carbocycles. The molecule has 0 aliphatic rings. The molecular formula is C14H13BrFNS. The van der Waals surface area contributed by atoms with Gasteiger partial charge in [-0.15, -0.1) is 0 Å². The Kier molecular flexibility index (Phi) is 4.80. The molecule has 2 rings (SSSR count). The fraction of sp³-hybridized carbons (Fsp3) is 0.143. The zero-order valence-electron chi connectivity index (χ0n) is 9.91. The molecule has 0 amide bonds. The monoisotopic (exact) mass is 325 g/mol. The lowest BCUT2D eigenvalue weighted by Crippen LogP contribution is -2.08. The van der Waals surface area contributed by atoms with E-state index in [-0.39, 0.29) is 5.82 Å². The first-order chi connectivity index (χ1) is 8.70. The first-order valence-corrected chi connectivity index (χ1v) is 7.17. The lowest BCUT2D eigenvalue weighted by atomic mass is 10.2. The van der Waals surface area contributed by atoms with Gasteiger partial charge in [-0.1, -0.05) is 33.8 Å². The number of rotatable bonds is 4. The van der Waals surface area contributed by atoms with E-state index in [0.717, 1.165) is 14.3 Å². The third kappa shape index (κ3) is 3.34. The molecule has 2 aromatic carbocycles. The lowest BCUT2D eigenvalue weighted by molar-refractivity contribution is 0.594. The molecule has 0 fully saturated rings. The van der Waals surface area contributed by atoms with E-state index >= 15 is 0 Å². The fourth-order valence-corrected chi connectivity index (χ4v) is 2.84. The quantitative estimate of drug-likeness (QED) is 0.890. The summed E-state index contributed by atoms with van der Waals surface area (Å²) in [6.45, 7) is 0.533. The molecule has 0 spiro atoms. The van der Waals surface area contributed by atoms with Crippen LogP contribution in [-0.4, -0.2) is 7.05 Å². The fourth-order valence-electron chi connectivity index (χ4n) is 1.61.